The molecule has 3 aliphatic carbocycles. The van der Waals surface area contributed by atoms with E-state index in [4.69, 9.17) is 5.73 Å². The van der Waals surface area contributed by atoms with Gasteiger partial charge >= 0.3 is 0 Å². The van der Waals surface area contributed by atoms with Gasteiger partial charge in [-0.05, 0) is 62.8 Å². The summed E-state index contributed by atoms with van der Waals surface area (Å²) in [4.78, 5) is 2.63. The van der Waals surface area contributed by atoms with Gasteiger partial charge in [-0.25, -0.2) is 0 Å². The highest BCUT2D eigenvalue weighted by atomic mass is 15.1. The van der Waals surface area contributed by atoms with Crippen molar-refractivity contribution in [2.75, 3.05) is 20.1 Å². The lowest BCUT2D eigenvalue weighted by molar-refractivity contribution is 0.136. The summed E-state index contributed by atoms with van der Waals surface area (Å²) in [7, 11) is 2.34. The maximum absolute atomic E-state index is 6.06. The van der Waals surface area contributed by atoms with Crippen molar-refractivity contribution < 1.29 is 0 Å². The van der Waals surface area contributed by atoms with Gasteiger partial charge in [-0.2, -0.15) is 0 Å². The minimum absolute atomic E-state index is 0.659. The number of nitrogens with two attached hydrogens (primary N) is 1. The molecule has 2 heteroatoms. The fourth-order valence-corrected chi connectivity index (χ4v) is 5.18. The lowest BCUT2D eigenvalue weighted by Crippen LogP contribution is -2.45. The van der Waals surface area contributed by atoms with Gasteiger partial charge < -0.3 is 10.6 Å². The van der Waals surface area contributed by atoms with Crippen molar-refractivity contribution in [2.45, 2.75) is 57.4 Å². The molecule has 0 aliphatic heterocycles. The molecule has 2 bridgehead atoms. The van der Waals surface area contributed by atoms with E-state index in [0.717, 1.165) is 30.2 Å². The Labute approximate surface area is 112 Å². The first-order valence-corrected chi connectivity index (χ1v) is 8.18. The number of likely N-dealkylation sites (N-methyl/N-ethyl adjacent to an activating group) is 1. The van der Waals surface area contributed by atoms with Crippen molar-refractivity contribution in [1.29, 1.82) is 0 Å². The Balaban J connectivity index is 1.54. The Hall–Kier alpha value is -0.0800. The Morgan fingerprint density at radius 2 is 1.89 bits per heavy atom. The molecule has 0 saturated heterocycles. The average Bonchev–Trinajstić information content (AvgIpc) is 3.05. The molecule has 3 rings (SSSR count). The van der Waals surface area contributed by atoms with Crippen LogP contribution in [0.3, 0.4) is 0 Å². The molecule has 0 spiro atoms. The second kappa shape index (κ2) is 5.50. The monoisotopic (exact) mass is 250 g/mol. The Morgan fingerprint density at radius 1 is 1.11 bits per heavy atom. The van der Waals surface area contributed by atoms with Crippen LogP contribution in [0.1, 0.15) is 51.4 Å². The third kappa shape index (κ3) is 2.46. The van der Waals surface area contributed by atoms with E-state index in [2.05, 4.69) is 11.9 Å². The third-order valence-electron chi connectivity index (χ3n) is 6.16. The molecule has 2 N–H and O–H groups in total. The molecule has 0 aromatic carbocycles. The maximum Gasteiger partial charge on any atom is 0.0243 e. The highest BCUT2D eigenvalue weighted by Crippen LogP contribution is 2.48. The summed E-state index contributed by atoms with van der Waals surface area (Å²) in [5.74, 6) is 4.01. The van der Waals surface area contributed by atoms with Crippen LogP contribution >= 0.6 is 0 Å². The van der Waals surface area contributed by atoms with Crippen molar-refractivity contribution in [3.63, 3.8) is 0 Å². The van der Waals surface area contributed by atoms with E-state index in [1.54, 1.807) is 0 Å². The summed E-state index contributed by atoms with van der Waals surface area (Å²) in [6, 6.07) is 0.659. The van der Waals surface area contributed by atoms with Crippen LogP contribution in [0.25, 0.3) is 0 Å². The van der Waals surface area contributed by atoms with E-state index in [1.165, 1.54) is 57.9 Å². The highest BCUT2D eigenvalue weighted by molar-refractivity contribution is 4.92. The van der Waals surface area contributed by atoms with Gasteiger partial charge in [0, 0.05) is 19.1 Å². The zero-order valence-corrected chi connectivity index (χ0v) is 12.0. The lowest BCUT2D eigenvalue weighted by atomic mass is 9.87. The molecule has 0 heterocycles. The molecule has 0 radical (unpaired) electrons. The molecule has 104 valence electrons. The fourth-order valence-electron chi connectivity index (χ4n) is 5.18. The summed E-state index contributed by atoms with van der Waals surface area (Å²) in [6.07, 6.45) is 11.8. The molecule has 18 heavy (non-hydrogen) atoms. The normalized spacial score (nSPS) is 37.8. The largest absolute Gasteiger partial charge is 0.329 e. The van der Waals surface area contributed by atoms with Gasteiger partial charge in [0.15, 0.2) is 0 Å². The standard InChI is InChI=1S/C16H30N2/c1-18(16(10-17)13-4-2-3-5-13)11-15-9-12-6-7-14(15)8-12/h12-16H,2-11,17H2,1H3. The molecule has 4 unspecified atom stereocenters. The van der Waals surface area contributed by atoms with Gasteiger partial charge in [-0.1, -0.05) is 19.3 Å². The van der Waals surface area contributed by atoms with Crippen molar-refractivity contribution in [3.05, 3.63) is 0 Å². The van der Waals surface area contributed by atoms with Gasteiger partial charge in [-0.15, -0.1) is 0 Å². The van der Waals surface area contributed by atoms with E-state index in [9.17, 15) is 0 Å². The second-order valence-corrected chi connectivity index (χ2v) is 7.22. The van der Waals surface area contributed by atoms with E-state index < -0.39 is 0 Å². The van der Waals surface area contributed by atoms with Crippen LogP contribution in [0.2, 0.25) is 0 Å². The highest BCUT2D eigenvalue weighted by Gasteiger charge is 2.40. The summed E-state index contributed by atoms with van der Waals surface area (Å²) in [5.41, 5.74) is 6.06. The van der Waals surface area contributed by atoms with Crippen molar-refractivity contribution >= 4 is 0 Å². The van der Waals surface area contributed by atoms with Gasteiger partial charge in [0.25, 0.3) is 0 Å². The van der Waals surface area contributed by atoms with Crippen LogP contribution in [0.5, 0.6) is 0 Å². The molecule has 3 saturated carbocycles. The third-order valence-corrected chi connectivity index (χ3v) is 6.16. The fraction of sp³-hybridized carbons (Fsp3) is 1.00. The number of rotatable bonds is 5. The van der Waals surface area contributed by atoms with Crippen LogP contribution in [0.15, 0.2) is 0 Å². The van der Waals surface area contributed by atoms with E-state index in [1.807, 2.05) is 0 Å². The molecule has 2 nitrogen and oxygen atoms in total. The van der Waals surface area contributed by atoms with Crippen molar-refractivity contribution in [3.8, 4) is 0 Å². The van der Waals surface area contributed by atoms with Gasteiger partial charge in [0.1, 0.15) is 0 Å². The van der Waals surface area contributed by atoms with Crippen molar-refractivity contribution in [1.82, 2.24) is 4.90 Å². The SMILES string of the molecule is CN(CC1CC2CCC1C2)C(CN)C1CCCC1. The van der Waals surface area contributed by atoms with E-state index >= 15 is 0 Å². The van der Waals surface area contributed by atoms with Crippen LogP contribution in [-0.4, -0.2) is 31.1 Å². The second-order valence-electron chi connectivity index (χ2n) is 7.22. The van der Waals surface area contributed by atoms with Crippen LogP contribution in [0, 0.1) is 23.7 Å². The summed E-state index contributed by atoms with van der Waals surface area (Å²) in [6.45, 7) is 2.18. The Morgan fingerprint density at radius 3 is 2.44 bits per heavy atom. The topological polar surface area (TPSA) is 29.3 Å². The van der Waals surface area contributed by atoms with Crippen LogP contribution < -0.4 is 5.73 Å². The van der Waals surface area contributed by atoms with E-state index in [-0.39, 0.29) is 0 Å². The average molecular weight is 250 g/mol. The molecule has 4 atom stereocenters. The summed E-state index contributed by atoms with van der Waals surface area (Å²) >= 11 is 0. The van der Waals surface area contributed by atoms with E-state index in [0.29, 0.717) is 6.04 Å². The zero-order valence-electron chi connectivity index (χ0n) is 12.0. The first-order chi connectivity index (χ1) is 8.78. The quantitative estimate of drug-likeness (QED) is 0.813. The molecule has 0 amide bonds. The minimum atomic E-state index is 0.659. The Bertz CT molecular complexity index is 272. The number of nitrogens with zero attached hydrogens (tertiary/aromatic N) is 1. The molecule has 3 fully saturated rings. The summed E-state index contributed by atoms with van der Waals surface area (Å²) < 4.78 is 0. The van der Waals surface area contributed by atoms with Crippen LogP contribution in [-0.2, 0) is 0 Å². The molecule has 3 aliphatic rings. The number of hydrogen-bond donors (Lipinski definition) is 1. The molecule has 0 aromatic rings. The molecule has 0 aromatic heterocycles. The maximum atomic E-state index is 6.06. The zero-order chi connectivity index (χ0) is 12.5. The van der Waals surface area contributed by atoms with Gasteiger partial charge in [0.05, 0.1) is 0 Å². The first-order valence-electron chi connectivity index (χ1n) is 8.18. The predicted octanol–water partition coefficient (Wildman–Crippen LogP) is 2.87. The Kier molecular flexibility index (Phi) is 3.95. The van der Waals surface area contributed by atoms with Gasteiger partial charge in [0.2, 0.25) is 0 Å². The van der Waals surface area contributed by atoms with Crippen LogP contribution in [0.4, 0.5) is 0 Å². The van der Waals surface area contributed by atoms with Crippen molar-refractivity contribution in [2.24, 2.45) is 29.4 Å². The smallest absolute Gasteiger partial charge is 0.0243 e. The van der Waals surface area contributed by atoms with Gasteiger partial charge in [-0.3, -0.25) is 0 Å². The summed E-state index contributed by atoms with van der Waals surface area (Å²) in [5, 5.41) is 0. The lowest BCUT2D eigenvalue weighted by Gasteiger charge is -2.35. The molecular formula is C16H30N2. The minimum Gasteiger partial charge on any atom is -0.329 e. The first kappa shape index (κ1) is 12.9. The molecular weight excluding hydrogens is 220 g/mol. The number of fused-ring (bicyclic) bond motifs is 2. The number of hydrogen-bond acceptors (Lipinski definition) is 2. The predicted molar refractivity (Wildman–Crippen MR) is 76.4 cm³/mol.